The molecule has 5 heteroatoms. The van der Waals surface area contributed by atoms with Crippen molar-refractivity contribution in [3.05, 3.63) is 27.9 Å². The van der Waals surface area contributed by atoms with Crippen molar-refractivity contribution in [2.24, 2.45) is 0 Å². The Morgan fingerprint density at radius 2 is 1.95 bits per heavy atom. The normalized spacial score (nSPS) is 21.9. The lowest BCUT2D eigenvalue weighted by molar-refractivity contribution is 0.00578. The van der Waals surface area contributed by atoms with Gasteiger partial charge in [-0.2, -0.15) is 0 Å². The van der Waals surface area contributed by atoms with Gasteiger partial charge in [0, 0.05) is 11.4 Å². The SMILES string of the molecule is CNCC(=Cc1cccs1)B1OC(C)(C)C(C)(C)O1. The summed E-state index contributed by atoms with van der Waals surface area (Å²) in [5, 5.41) is 5.26. The van der Waals surface area contributed by atoms with E-state index >= 15 is 0 Å². The molecule has 1 N–H and O–H groups in total. The van der Waals surface area contributed by atoms with E-state index < -0.39 is 0 Å². The number of hydrogen-bond acceptors (Lipinski definition) is 4. The van der Waals surface area contributed by atoms with Crippen LogP contribution in [0.3, 0.4) is 0 Å². The fourth-order valence-corrected chi connectivity index (χ4v) is 2.65. The molecule has 0 bridgehead atoms. The topological polar surface area (TPSA) is 30.5 Å². The van der Waals surface area contributed by atoms with Gasteiger partial charge in [0.05, 0.1) is 11.2 Å². The van der Waals surface area contributed by atoms with Gasteiger partial charge < -0.3 is 14.6 Å². The molecule has 1 aliphatic heterocycles. The van der Waals surface area contributed by atoms with E-state index in [1.807, 2.05) is 7.05 Å². The minimum Gasteiger partial charge on any atom is -0.400 e. The van der Waals surface area contributed by atoms with Crippen LogP contribution in [-0.2, 0) is 9.31 Å². The highest BCUT2D eigenvalue weighted by atomic mass is 32.1. The van der Waals surface area contributed by atoms with Gasteiger partial charge in [0.2, 0.25) is 0 Å². The van der Waals surface area contributed by atoms with Gasteiger partial charge in [0.1, 0.15) is 0 Å². The van der Waals surface area contributed by atoms with Gasteiger partial charge in [-0.3, -0.25) is 0 Å². The highest BCUT2D eigenvalue weighted by Crippen LogP contribution is 2.38. The van der Waals surface area contributed by atoms with Crippen molar-refractivity contribution >= 4 is 24.5 Å². The molecule has 0 atom stereocenters. The number of hydrogen-bond donors (Lipinski definition) is 1. The molecule has 1 aromatic rings. The van der Waals surface area contributed by atoms with Crippen molar-refractivity contribution < 1.29 is 9.31 Å². The Bertz CT molecular complexity index is 438. The molecular weight excluding hydrogens is 257 g/mol. The predicted octanol–water partition coefficient (Wildman–Crippen LogP) is 2.98. The first-order valence-corrected chi connectivity index (χ1v) is 7.48. The summed E-state index contributed by atoms with van der Waals surface area (Å²) in [6.07, 6.45) is 2.16. The fourth-order valence-electron chi connectivity index (χ4n) is 1.96. The van der Waals surface area contributed by atoms with E-state index in [0.29, 0.717) is 0 Å². The van der Waals surface area contributed by atoms with Crippen LogP contribution in [-0.4, -0.2) is 31.9 Å². The molecule has 3 nitrogen and oxygen atoms in total. The lowest BCUT2D eigenvalue weighted by atomic mass is 9.77. The van der Waals surface area contributed by atoms with Crippen molar-refractivity contribution in [1.82, 2.24) is 5.32 Å². The first-order chi connectivity index (χ1) is 8.86. The van der Waals surface area contributed by atoms with Crippen LogP contribution in [0.4, 0.5) is 0 Å². The van der Waals surface area contributed by atoms with Crippen LogP contribution < -0.4 is 5.32 Å². The highest BCUT2D eigenvalue weighted by molar-refractivity contribution is 7.10. The first-order valence-electron chi connectivity index (χ1n) is 6.60. The maximum absolute atomic E-state index is 6.10. The molecule has 0 spiro atoms. The molecule has 0 unspecified atom stereocenters. The molecule has 1 aromatic heterocycles. The van der Waals surface area contributed by atoms with Crippen LogP contribution in [0, 0.1) is 0 Å². The predicted molar refractivity (Wildman–Crippen MR) is 82.3 cm³/mol. The van der Waals surface area contributed by atoms with Crippen molar-refractivity contribution in [1.29, 1.82) is 0 Å². The Hall–Kier alpha value is -0.615. The molecule has 1 aliphatic rings. The van der Waals surface area contributed by atoms with Crippen molar-refractivity contribution in [2.75, 3.05) is 13.6 Å². The third kappa shape index (κ3) is 3.11. The Morgan fingerprint density at radius 1 is 1.32 bits per heavy atom. The standard InChI is InChI=1S/C14H22BNO2S/c1-13(2)14(3,4)18-15(17-13)11(10-16-5)9-12-7-6-8-19-12/h6-9,16H,10H2,1-5H3. The molecule has 0 saturated carbocycles. The van der Waals surface area contributed by atoms with Gasteiger partial charge in [0.15, 0.2) is 0 Å². The zero-order valence-electron chi connectivity index (χ0n) is 12.3. The maximum Gasteiger partial charge on any atom is 0.491 e. The van der Waals surface area contributed by atoms with E-state index in [9.17, 15) is 0 Å². The highest BCUT2D eigenvalue weighted by Gasteiger charge is 2.52. The summed E-state index contributed by atoms with van der Waals surface area (Å²) >= 11 is 1.72. The fraction of sp³-hybridized carbons (Fsp3) is 0.571. The van der Waals surface area contributed by atoms with Crippen LogP contribution in [0.5, 0.6) is 0 Å². The number of thiophene rings is 1. The first kappa shape index (κ1) is 14.8. The molecule has 1 saturated heterocycles. The second-order valence-electron chi connectivity index (χ2n) is 5.85. The van der Waals surface area contributed by atoms with Crippen LogP contribution in [0.15, 0.2) is 23.0 Å². The van der Waals surface area contributed by atoms with Gasteiger partial charge in [-0.05, 0) is 57.7 Å². The van der Waals surface area contributed by atoms with Gasteiger partial charge in [-0.25, -0.2) is 0 Å². The molecule has 104 valence electrons. The Balaban J connectivity index is 2.23. The summed E-state index contributed by atoms with van der Waals surface area (Å²) in [5.41, 5.74) is 0.545. The second-order valence-corrected chi connectivity index (χ2v) is 6.83. The molecule has 0 aliphatic carbocycles. The number of nitrogens with one attached hydrogen (secondary N) is 1. The lowest BCUT2D eigenvalue weighted by Gasteiger charge is -2.32. The Morgan fingerprint density at radius 3 is 2.42 bits per heavy atom. The summed E-state index contributed by atoms with van der Waals surface area (Å²) in [7, 11) is 1.66. The van der Waals surface area contributed by atoms with E-state index in [1.165, 1.54) is 4.88 Å². The second kappa shape index (κ2) is 5.41. The monoisotopic (exact) mass is 279 g/mol. The lowest BCUT2D eigenvalue weighted by Crippen LogP contribution is -2.41. The average molecular weight is 279 g/mol. The molecule has 19 heavy (non-hydrogen) atoms. The Kier molecular flexibility index (Phi) is 4.21. The summed E-state index contributed by atoms with van der Waals surface area (Å²) in [4.78, 5) is 1.22. The molecule has 2 heterocycles. The van der Waals surface area contributed by atoms with E-state index in [2.05, 4.69) is 56.6 Å². The zero-order chi connectivity index (χ0) is 14.1. The largest absolute Gasteiger partial charge is 0.491 e. The molecule has 1 fully saturated rings. The van der Waals surface area contributed by atoms with Gasteiger partial charge in [0.25, 0.3) is 0 Å². The smallest absolute Gasteiger partial charge is 0.400 e. The van der Waals surface area contributed by atoms with Crippen molar-refractivity contribution in [3.63, 3.8) is 0 Å². The summed E-state index contributed by atoms with van der Waals surface area (Å²) in [6.45, 7) is 9.07. The Labute approximate surface area is 120 Å². The maximum atomic E-state index is 6.10. The molecular formula is C14H22BNO2S. The van der Waals surface area contributed by atoms with Crippen LogP contribution in [0.1, 0.15) is 32.6 Å². The van der Waals surface area contributed by atoms with Gasteiger partial charge >= 0.3 is 7.12 Å². The third-order valence-corrected chi connectivity index (χ3v) is 4.63. The van der Waals surface area contributed by atoms with E-state index in [-0.39, 0.29) is 18.3 Å². The van der Waals surface area contributed by atoms with Gasteiger partial charge in [-0.15, -0.1) is 11.3 Å². The summed E-state index contributed by atoms with van der Waals surface area (Å²) in [6, 6.07) is 4.16. The minimum absolute atomic E-state index is 0.278. The van der Waals surface area contributed by atoms with E-state index in [4.69, 9.17) is 9.31 Å². The van der Waals surface area contributed by atoms with Crippen molar-refractivity contribution in [2.45, 2.75) is 38.9 Å². The number of likely N-dealkylation sites (N-methyl/N-ethyl adjacent to an activating group) is 1. The number of rotatable bonds is 4. The molecule has 0 aromatic carbocycles. The molecule has 2 rings (SSSR count). The quantitative estimate of drug-likeness (QED) is 0.859. The molecule has 0 amide bonds. The van der Waals surface area contributed by atoms with Crippen LogP contribution in [0.25, 0.3) is 6.08 Å². The van der Waals surface area contributed by atoms with E-state index in [0.717, 1.165) is 12.0 Å². The summed E-state index contributed by atoms with van der Waals surface area (Å²) < 4.78 is 12.2. The summed E-state index contributed by atoms with van der Waals surface area (Å²) in [5.74, 6) is 0. The van der Waals surface area contributed by atoms with Crippen LogP contribution in [0.2, 0.25) is 0 Å². The van der Waals surface area contributed by atoms with Crippen molar-refractivity contribution in [3.8, 4) is 0 Å². The third-order valence-electron chi connectivity index (χ3n) is 3.81. The zero-order valence-corrected chi connectivity index (χ0v) is 13.1. The van der Waals surface area contributed by atoms with Gasteiger partial charge in [-0.1, -0.05) is 6.07 Å². The minimum atomic E-state index is -0.292. The average Bonchev–Trinajstić information content (AvgIpc) is 2.85. The van der Waals surface area contributed by atoms with E-state index in [1.54, 1.807) is 11.3 Å². The van der Waals surface area contributed by atoms with Crippen LogP contribution >= 0.6 is 11.3 Å². The molecule has 0 radical (unpaired) electrons.